The highest BCUT2D eigenvalue weighted by Gasteiger charge is 2.56. The molecule has 3 heterocycles. The van der Waals surface area contributed by atoms with Gasteiger partial charge >= 0.3 is 12.2 Å². The lowest BCUT2D eigenvalue weighted by atomic mass is 9.56. The molecule has 0 unspecified atom stereocenters. The molecule has 3 saturated heterocycles. The summed E-state index contributed by atoms with van der Waals surface area (Å²) in [7, 11) is -3.98. The second kappa shape index (κ2) is 7.10. The summed E-state index contributed by atoms with van der Waals surface area (Å²) < 4.78 is 63.6. The van der Waals surface area contributed by atoms with E-state index in [1.165, 1.54) is 6.07 Å². The van der Waals surface area contributed by atoms with Gasteiger partial charge in [-0.05, 0) is 49.3 Å². The molecule has 0 aromatic heterocycles. The molecule has 0 atom stereocenters. The number of amides is 3. The summed E-state index contributed by atoms with van der Waals surface area (Å²) in [5.74, 6) is 0.257. The number of urea groups is 1. The number of benzene rings is 1. The number of rotatable bonds is 3. The van der Waals surface area contributed by atoms with Gasteiger partial charge in [0, 0.05) is 44.3 Å². The molecule has 33 heavy (non-hydrogen) atoms. The predicted octanol–water partition coefficient (Wildman–Crippen LogP) is 2.45. The summed E-state index contributed by atoms with van der Waals surface area (Å²) in [5, 5.41) is 2.96. The smallest absolute Gasteiger partial charge is 0.347 e. The van der Waals surface area contributed by atoms with E-state index in [1.807, 2.05) is 4.90 Å². The van der Waals surface area contributed by atoms with Crippen LogP contribution in [-0.4, -0.2) is 68.1 Å². The lowest BCUT2D eigenvalue weighted by Crippen LogP contribution is -2.73. The average Bonchev–Trinajstić information content (AvgIpc) is 3.01. The third-order valence-corrected chi connectivity index (χ3v) is 8.69. The van der Waals surface area contributed by atoms with E-state index in [0.717, 1.165) is 37.7 Å². The Morgan fingerprint density at radius 3 is 2.33 bits per heavy atom. The van der Waals surface area contributed by atoms with E-state index in [4.69, 9.17) is 0 Å². The van der Waals surface area contributed by atoms with Crippen LogP contribution in [0.3, 0.4) is 0 Å². The summed E-state index contributed by atoms with van der Waals surface area (Å²) in [5.41, 5.74) is -0.822. The zero-order valence-electron chi connectivity index (χ0n) is 18.2. The number of carbonyl (C=O) groups excluding carboxylic acids is 2. The Kier molecular flexibility index (Phi) is 4.84. The van der Waals surface area contributed by atoms with Crippen LogP contribution in [0.1, 0.15) is 36.8 Å². The fraction of sp³-hybridized carbons (Fsp3) is 0.636. The van der Waals surface area contributed by atoms with E-state index >= 15 is 0 Å². The van der Waals surface area contributed by atoms with Crippen molar-refractivity contribution in [2.75, 3.05) is 32.4 Å². The molecule has 1 N–H and O–H groups in total. The van der Waals surface area contributed by atoms with E-state index < -0.39 is 26.5 Å². The quantitative estimate of drug-likeness (QED) is 0.713. The zero-order valence-corrected chi connectivity index (χ0v) is 19.1. The highest BCUT2D eigenvalue weighted by atomic mass is 32.2. The number of sulfone groups is 1. The number of alkyl halides is 3. The molecule has 1 aliphatic carbocycles. The average molecular weight is 486 g/mol. The largest absolute Gasteiger partial charge is 0.417 e. The molecule has 1 saturated carbocycles. The lowest BCUT2D eigenvalue weighted by Gasteiger charge is -2.61. The molecule has 4 fully saturated rings. The number of halogens is 3. The molecule has 0 radical (unpaired) electrons. The SMILES string of the molecule is CS(=O)(=O)c1ccc(CC2CC3(C2)CN(C(=O)N2CC4(CCC(=O)N4)C2)C3)cc1C(F)(F)F. The maximum absolute atomic E-state index is 13.4. The molecule has 0 bridgehead atoms. The van der Waals surface area contributed by atoms with Crippen LogP contribution in [0, 0.1) is 11.3 Å². The van der Waals surface area contributed by atoms with Gasteiger partial charge in [-0.3, -0.25) is 4.79 Å². The standard InChI is InChI=1S/C22H26F3N3O4S/c1-33(31,32)17-3-2-14(7-16(17)22(23,24)25)6-15-8-20(9-15)10-27(11-20)19(30)28-12-21(13-28)5-4-18(29)26-21/h2-3,7,15H,4-6,8-13H2,1H3,(H,26,29). The van der Waals surface area contributed by atoms with Gasteiger partial charge in [0.1, 0.15) is 0 Å². The number of likely N-dealkylation sites (tertiary alicyclic amines) is 2. The summed E-state index contributed by atoms with van der Waals surface area (Å²) in [6, 6.07) is 3.47. The van der Waals surface area contributed by atoms with Crippen molar-refractivity contribution in [2.45, 2.75) is 48.7 Å². The molecular weight excluding hydrogens is 459 g/mol. The van der Waals surface area contributed by atoms with Crippen LogP contribution in [0.5, 0.6) is 0 Å². The fourth-order valence-electron chi connectivity index (χ4n) is 6.08. The molecule has 5 rings (SSSR count). The Labute approximate surface area is 190 Å². The first-order valence-corrected chi connectivity index (χ1v) is 12.9. The van der Waals surface area contributed by atoms with Gasteiger partial charge < -0.3 is 15.1 Å². The lowest BCUT2D eigenvalue weighted by molar-refractivity contribution is -0.140. The maximum atomic E-state index is 13.4. The Balaban J connectivity index is 1.13. The van der Waals surface area contributed by atoms with E-state index in [2.05, 4.69) is 5.32 Å². The Morgan fingerprint density at radius 1 is 1.15 bits per heavy atom. The van der Waals surface area contributed by atoms with Crippen molar-refractivity contribution in [1.29, 1.82) is 0 Å². The van der Waals surface area contributed by atoms with Crippen LogP contribution < -0.4 is 5.32 Å². The highest BCUT2D eigenvalue weighted by Crippen LogP contribution is 2.53. The number of hydrogen-bond acceptors (Lipinski definition) is 4. The van der Waals surface area contributed by atoms with Crippen LogP contribution in [0.2, 0.25) is 0 Å². The van der Waals surface area contributed by atoms with Crippen molar-refractivity contribution in [3.63, 3.8) is 0 Å². The first-order valence-electron chi connectivity index (χ1n) is 11.0. The molecule has 180 valence electrons. The highest BCUT2D eigenvalue weighted by molar-refractivity contribution is 7.90. The van der Waals surface area contributed by atoms with Crippen molar-refractivity contribution in [3.05, 3.63) is 29.3 Å². The second-order valence-corrected chi connectivity index (χ2v) is 12.4. The molecule has 3 aliphatic heterocycles. The Hall–Kier alpha value is -2.30. The topological polar surface area (TPSA) is 86.8 Å². The van der Waals surface area contributed by atoms with Crippen LogP contribution in [0.15, 0.2) is 23.1 Å². The van der Waals surface area contributed by atoms with Crippen molar-refractivity contribution >= 4 is 21.8 Å². The monoisotopic (exact) mass is 485 g/mol. The number of hydrogen-bond donors (Lipinski definition) is 1. The van der Waals surface area contributed by atoms with Crippen LogP contribution in [0.4, 0.5) is 18.0 Å². The maximum Gasteiger partial charge on any atom is 0.417 e. The number of nitrogens with one attached hydrogen (secondary N) is 1. The minimum absolute atomic E-state index is 0.0120. The van der Waals surface area contributed by atoms with Crippen LogP contribution >= 0.6 is 0 Å². The molecule has 4 aliphatic rings. The fourth-order valence-corrected chi connectivity index (χ4v) is 6.97. The second-order valence-electron chi connectivity index (χ2n) is 10.4. The van der Waals surface area contributed by atoms with E-state index in [-0.39, 0.29) is 28.8 Å². The zero-order chi connectivity index (χ0) is 23.8. The van der Waals surface area contributed by atoms with Crippen molar-refractivity contribution in [2.24, 2.45) is 11.3 Å². The molecule has 1 aromatic rings. The predicted molar refractivity (Wildman–Crippen MR) is 112 cm³/mol. The number of nitrogens with zero attached hydrogens (tertiary/aromatic N) is 2. The molecule has 2 spiro atoms. The van der Waals surface area contributed by atoms with Gasteiger partial charge in [0.05, 0.1) is 16.0 Å². The Bertz CT molecular complexity index is 1110. The summed E-state index contributed by atoms with van der Waals surface area (Å²) in [6.07, 6.45) is -0.545. The molecule has 7 nitrogen and oxygen atoms in total. The molecule has 3 amide bonds. The van der Waals surface area contributed by atoms with E-state index in [9.17, 15) is 31.2 Å². The minimum Gasteiger partial charge on any atom is -0.347 e. The van der Waals surface area contributed by atoms with Crippen molar-refractivity contribution in [3.8, 4) is 0 Å². The normalized spacial score (nSPS) is 23.8. The molecule has 11 heteroatoms. The summed E-state index contributed by atoms with van der Waals surface area (Å²) in [4.78, 5) is 27.0. The van der Waals surface area contributed by atoms with Gasteiger partial charge in [-0.2, -0.15) is 13.2 Å². The molecule has 1 aromatic carbocycles. The van der Waals surface area contributed by atoms with Gasteiger partial charge in [0.2, 0.25) is 5.91 Å². The Morgan fingerprint density at radius 2 is 1.79 bits per heavy atom. The van der Waals surface area contributed by atoms with Gasteiger partial charge in [-0.25, -0.2) is 13.2 Å². The third-order valence-electron chi connectivity index (χ3n) is 7.53. The molecular formula is C22H26F3N3O4S. The van der Waals surface area contributed by atoms with Gasteiger partial charge in [0.25, 0.3) is 0 Å². The van der Waals surface area contributed by atoms with Crippen molar-refractivity contribution in [1.82, 2.24) is 15.1 Å². The van der Waals surface area contributed by atoms with Gasteiger partial charge in [-0.1, -0.05) is 6.07 Å². The number of carbonyl (C=O) groups is 2. The van der Waals surface area contributed by atoms with Crippen LogP contribution in [-0.2, 0) is 27.2 Å². The first kappa shape index (κ1) is 22.5. The third kappa shape index (κ3) is 3.98. The first-order chi connectivity index (χ1) is 15.3. The van der Waals surface area contributed by atoms with Crippen molar-refractivity contribution < 1.29 is 31.2 Å². The minimum atomic E-state index is -4.74. The summed E-state index contributed by atoms with van der Waals surface area (Å²) >= 11 is 0. The summed E-state index contributed by atoms with van der Waals surface area (Å²) in [6.45, 7) is 2.40. The van der Waals surface area contributed by atoms with E-state index in [0.29, 0.717) is 44.6 Å². The van der Waals surface area contributed by atoms with E-state index in [1.54, 1.807) is 4.90 Å². The van der Waals surface area contributed by atoms with Gasteiger partial charge in [0.15, 0.2) is 9.84 Å². The van der Waals surface area contributed by atoms with Gasteiger partial charge in [-0.15, -0.1) is 0 Å². The van der Waals surface area contributed by atoms with Crippen LogP contribution in [0.25, 0.3) is 0 Å².